The van der Waals surface area contributed by atoms with Crippen molar-refractivity contribution in [3.63, 3.8) is 0 Å². The molecular weight excluding hydrogens is 450 g/mol. The summed E-state index contributed by atoms with van der Waals surface area (Å²) in [6, 6.07) is 21.7. The summed E-state index contributed by atoms with van der Waals surface area (Å²) in [5, 5.41) is 2.90. The number of amides is 1. The predicted molar refractivity (Wildman–Crippen MR) is 133 cm³/mol. The molecule has 1 aliphatic heterocycles. The molecule has 0 aliphatic carbocycles. The fourth-order valence-corrected chi connectivity index (χ4v) is 5.38. The molecule has 0 unspecified atom stereocenters. The van der Waals surface area contributed by atoms with Crippen molar-refractivity contribution in [2.75, 3.05) is 38.6 Å². The van der Waals surface area contributed by atoms with Gasteiger partial charge in [-0.3, -0.25) is 9.69 Å². The molecule has 0 bridgehead atoms. The highest BCUT2D eigenvalue weighted by Crippen LogP contribution is 2.20. The fraction of sp³-hybridized carbons (Fsp3) is 0.269. The van der Waals surface area contributed by atoms with E-state index in [0.717, 1.165) is 11.1 Å². The molecule has 0 atom stereocenters. The lowest BCUT2D eigenvalue weighted by Gasteiger charge is -2.34. The second kappa shape index (κ2) is 10.4. The summed E-state index contributed by atoms with van der Waals surface area (Å²) in [5.41, 5.74) is 3.28. The molecule has 34 heavy (non-hydrogen) atoms. The van der Waals surface area contributed by atoms with Crippen LogP contribution in [0.2, 0.25) is 0 Å². The highest BCUT2D eigenvalue weighted by molar-refractivity contribution is 7.89. The number of aryl methyl sites for hydroxylation is 1. The van der Waals surface area contributed by atoms with E-state index in [9.17, 15) is 13.2 Å². The molecule has 1 heterocycles. The molecule has 8 heteroatoms. The second-order valence-corrected chi connectivity index (χ2v) is 10.3. The Kier molecular flexibility index (Phi) is 7.31. The number of carbonyl (C=O) groups excluding carboxylic acids is 1. The topological polar surface area (TPSA) is 79.0 Å². The first-order valence-corrected chi connectivity index (χ1v) is 12.6. The van der Waals surface area contributed by atoms with Crippen LogP contribution in [0.4, 0.5) is 5.69 Å². The number of ether oxygens (including phenoxy) is 1. The number of piperazine rings is 1. The maximum atomic E-state index is 12.9. The van der Waals surface area contributed by atoms with Gasteiger partial charge in [-0.05, 0) is 48.9 Å². The molecule has 7 nitrogen and oxygen atoms in total. The first-order valence-electron chi connectivity index (χ1n) is 11.2. The lowest BCUT2D eigenvalue weighted by atomic mass is 10.1. The number of methoxy groups -OCH3 is 1. The minimum Gasteiger partial charge on any atom is -0.497 e. The van der Waals surface area contributed by atoms with Gasteiger partial charge in [0.15, 0.2) is 0 Å². The maximum Gasteiger partial charge on any atom is 0.255 e. The number of benzene rings is 3. The van der Waals surface area contributed by atoms with Gasteiger partial charge in [0.05, 0.1) is 12.0 Å². The highest BCUT2D eigenvalue weighted by atomic mass is 32.2. The summed E-state index contributed by atoms with van der Waals surface area (Å²) < 4.78 is 32.6. The van der Waals surface area contributed by atoms with Crippen LogP contribution in [0.15, 0.2) is 77.7 Å². The summed E-state index contributed by atoms with van der Waals surface area (Å²) in [4.78, 5) is 15.3. The molecule has 3 aromatic rings. The van der Waals surface area contributed by atoms with E-state index < -0.39 is 10.0 Å². The van der Waals surface area contributed by atoms with Gasteiger partial charge in [-0.15, -0.1) is 0 Å². The zero-order valence-electron chi connectivity index (χ0n) is 19.4. The SMILES string of the molecule is COc1cccc(NC(=O)c2cccc(CN3CCN(S(=O)(=O)c4ccc(C)cc4)CC3)c2)c1. The molecule has 1 aliphatic rings. The molecule has 0 spiro atoms. The van der Waals surface area contributed by atoms with Gasteiger partial charge >= 0.3 is 0 Å². The molecule has 3 aromatic carbocycles. The fourth-order valence-electron chi connectivity index (χ4n) is 3.96. The number of hydrogen-bond donors (Lipinski definition) is 1. The number of anilines is 1. The van der Waals surface area contributed by atoms with Crippen LogP contribution in [0, 0.1) is 6.92 Å². The number of nitrogens with one attached hydrogen (secondary N) is 1. The molecule has 1 amide bonds. The Bertz CT molecular complexity index is 1250. The molecule has 0 saturated carbocycles. The van der Waals surface area contributed by atoms with E-state index in [1.807, 2.05) is 55.5 Å². The van der Waals surface area contributed by atoms with Crippen molar-refractivity contribution in [3.05, 3.63) is 89.5 Å². The maximum absolute atomic E-state index is 12.9. The summed E-state index contributed by atoms with van der Waals surface area (Å²) in [7, 11) is -1.90. The lowest BCUT2D eigenvalue weighted by molar-refractivity contribution is 0.102. The third-order valence-electron chi connectivity index (χ3n) is 5.91. The highest BCUT2D eigenvalue weighted by Gasteiger charge is 2.28. The zero-order valence-corrected chi connectivity index (χ0v) is 20.2. The lowest BCUT2D eigenvalue weighted by Crippen LogP contribution is -2.48. The predicted octanol–water partition coefficient (Wildman–Crippen LogP) is 3.76. The van der Waals surface area contributed by atoms with E-state index in [0.29, 0.717) is 54.6 Å². The van der Waals surface area contributed by atoms with Crippen molar-refractivity contribution >= 4 is 21.6 Å². The summed E-state index contributed by atoms with van der Waals surface area (Å²) in [6.45, 7) is 4.72. The smallest absolute Gasteiger partial charge is 0.255 e. The average Bonchev–Trinajstić information content (AvgIpc) is 2.85. The summed E-state index contributed by atoms with van der Waals surface area (Å²) in [5.74, 6) is 0.485. The van der Waals surface area contributed by atoms with E-state index >= 15 is 0 Å². The van der Waals surface area contributed by atoms with E-state index in [-0.39, 0.29) is 5.91 Å². The Morgan fingerprint density at radius 2 is 1.65 bits per heavy atom. The van der Waals surface area contributed by atoms with Gasteiger partial charge in [0, 0.05) is 50.0 Å². The van der Waals surface area contributed by atoms with Crippen LogP contribution in [0.25, 0.3) is 0 Å². The van der Waals surface area contributed by atoms with E-state index in [2.05, 4.69) is 10.2 Å². The minimum atomic E-state index is -3.48. The van der Waals surface area contributed by atoms with Crippen molar-refractivity contribution in [1.82, 2.24) is 9.21 Å². The third-order valence-corrected chi connectivity index (χ3v) is 7.83. The summed E-state index contributed by atoms with van der Waals surface area (Å²) >= 11 is 0. The number of nitrogens with zero attached hydrogens (tertiary/aromatic N) is 2. The third kappa shape index (κ3) is 5.64. The quantitative estimate of drug-likeness (QED) is 0.558. The molecule has 0 radical (unpaired) electrons. The minimum absolute atomic E-state index is 0.191. The Morgan fingerprint density at radius 3 is 2.35 bits per heavy atom. The van der Waals surface area contributed by atoms with Crippen molar-refractivity contribution in [3.8, 4) is 5.75 Å². The Labute approximate surface area is 201 Å². The van der Waals surface area contributed by atoms with E-state index in [1.54, 1.807) is 35.7 Å². The van der Waals surface area contributed by atoms with Gasteiger partial charge in [-0.2, -0.15) is 4.31 Å². The van der Waals surface area contributed by atoms with Gasteiger partial charge < -0.3 is 10.1 Å². The number of hydrogen-bond acceptors (Lipinski definition) is 5. The van der Waals surface area contributed by atoms with Crippen molar-refractivity contribution in [2.24, 2.45) is 0 Å². The molecule has 1 saturated heterocycles. The molecular formula is C26H29N3O4S. The van der Waals surface area contributed by atoms with E-state index in [1.165, 1.54) is 0 Å². The Balaban J connectivity index is 1.36. The first kappa shape index (κ1) is 23.9. The van der Waals surface area contributed by atoms with Crippen LogP contribution >= 0.6 is 0 Å². The monoisotopic (exact) mass is 479 g/mol. The van der Waals surface area contributed by atoms with Crippen LogP contribution in [0.1, 0.15) is 21.5 Å². The van der Waals surface area contributed by atoms with Crippen molar-refractivity contribution in [1.29, 1.82) is 0 Å². The van der Waals surface area contributed by atoms with Gasteiger partial charge in [0.25, 0.3) is 5.91 Å². The van der Waals surface area contributed by atoms with Gasteiger partial charge in [-0.1, -0.05) is 35.9 Å². The van der Waals surface area contributed by atoms with Crippen LogP contribution < -0.4 is 10.1 Å². The van der Waals surface area contributed by atoms with Crippen LogP contribution in [-0.2, 0) is 16.6 Å². The van der Waals surface area contributed by atoms with Crippen LogP contribution in [-0.4, -0.2) is 56.8 Å². The number of rotatable bonds is 7. The largest absolute Gasteiger partial charge is 0.497 e. The van der Waals surface area contributed by atoms with Crippen molar-refractivity contribution < 1.29 is 17.9 Å². The molecule has 0 aromatic heterocycles. The van der Waals surface area contributed by atoms with Crippen LogP contribution in [0.3, 0.4) is 0 Å². The van der Waals surface area contributed by atoms with Crippen molar-refractivity contribution in [2.45, 2.75) is 18.4 Å². The zero-order chi connectivity index (χ0) is 24.1. The molecule has 178 valence electrons. The molecule has 4 rings (SSSR count). The normalized spacial score (nSPS) is 15.1. The second-order valence-electron chi connectivity index (χ2n) is 8.38. The first-order chi connectivity index (χ1) is 16.3. The average molecular weight is 480 g/mol. The van der Waals surface area contributed by atoms with Crippen LogP contribution in [0.5, 0.6) is 5.75 Å². The standard InChI is InChI=1S/C26H29N3O4S/c1-20-9-11-25(12-10-20)34(31,32)29-15-13-28(14-16-29)19-21-5-3-6-22(17-21)26(30)27-23-7-4-8-24(18-23)33-2/h3-12,17-18H,13-16,19H2,1-2H3,(H,27,30). The summed E-state index contributed by atoms with van der Waals surface area (Å²) in [6.07, 6.45) is 0. The Hall–Kier alpha value is -3.20. The van der Waals surface area contributed by atoms with Gasteiger partial charge in [0.2, 0.25) is 10.0 Å². The number of carbonyl (C=O) groups is 1. The van der Waals surface area contributed by atoms with Gasteiger partial charge in [-0.25, -0.2) is 8.42 Å². The molecule has 1 fully saturated rings. The van der Waals surface area contributed by atoms with Gasteiger partial charge in [0.1, 0.15) is 5.75 Å². The number of sulfonamides is 1. The van der Waals surface area contributed by atoms with E-state index in [4.69, 9.17) is 4.74 Å². The Morgan fingerprint density at radius 1 is 0.941 bits per heavy atom. The molecule has 1 N–H and O–H groups in total.